The van der Waals surface area contributed by atoms with Gasteiger partial charge in [-0.15, -0.1) is 0 Å². The molecule has 0 saturated heterocycles. The van der Waals surface area contributed by atoms with E-state index in [0.717, 1.165) is 12.1 Å². The number of anilines is 1. The number of primary amides is 1. The highest BCUT2D eigenvalue weighted by molar-refractivity contribution is 5.99. The van der Waals surface area contributed by atoms with E-state index in [1.165, 1.54) is 0 Å². The first-order valence-electron chi connectivity index (χ1n) is 6.38. The number of nitrogens with one attached hydrogen (secondary N) is 2. The topological polar surface area (TPSA) is 84.2 Å². The maximum absolute atomic E-state index is 11.7. The molecule has 104 valence electrons. The molecular weight excluding hydrogens is 242 g/mol. The average Bonchev–Trinajstić information content (AvgIpc) is 2.33. The third-order valence-corrected chi connectivity index (χ3v) is 2.97. The lowest BCUT2D eigenvalue weighted by molar-refractivity contribution is -0.116. The molecule has 0 spiro atoms. The quantitative estimate of drug-likeness (QED) is 0.677. The molecule has 0 bridgehead atoms. The molecule has 2 amide bonds. The smallest absolute Gasteiger partial charge is 0.249 e. The summed E-state index contributed by atoms with van der Waals surface area (Å²) < 4.78 is 0. The molecule has 0 radical (unpaired) electrons. The Bertz CT molecular complexity index is 484. The number of aryl methyl sites for hydroxylation is 1. The number of hydrogen-bond donors (Lipinski definition) is 3. The van der Waals surface area contributed by atoms with Gasteiger partial charge in [-0.1, -0.05) is 13.0 Å². The van der Waals surface area contributed by atoms with Gasteiger partial charge in [0.25, 0.3) is 0 Å². The van der Waals surface area contributed by atoms with Crippen LogP contribution in [0.15, 0.2) is 12.1 Å². The van der Waals surface area contributed by atoms with Crippen molar-refractivity contribution in [1.29, 1.82) is 0 Å². The molecule has 19 heavy (non-hydrogen) atoms. The third-order valence-electron chi connectivity index (χ3n) is 2.97. The number of carbonyl (C=O) groups is 2. The molecule has 0 unspecified atom stereocenters. The van der Waals surface area contributed by atoms with Gasteiger partial charge in [0.1, 0.15) is 0 Å². The van der Waals surface area contributed by atoms with Crippen molar-refractivity contribution in [1.82, 2.24) is 5.32 Å². The van der Waals surface area contributed by atoms with Crippen LogP contribution in [0.1, 0.15) is 34.8 Å². The largest absolute Gasteiger partial charge is 0.366 e. The molecule has 1 aromatic carbocycles. The summed E-state index contributed by atoms with van der Waals surface area (Å²) in [7, 11) is 0. The Morgan fingerprint density at radius 3 is 2.53 bits per heavy atom. The summed E-state index contributed by atoms with van der Waals surface area (Å²) in [5.41, 5.74) is 8.00. The minimum absolute atomic E-state index is 0.0803. The zero-order valence-corrected chi connectivity index (χ0v) is 11.7. The first kappa shape index (κ1) is 15.2. The number of rotatable bonds is 6. The molecule has 0 aliphatic heterocycles. The van der Waals surface area contributed by atoms with Crippen molar-refractivity contribution in [3.63, 3.8) is 0 Å². The second-order valence-corrected chi connectivity index (χ2v) is 4.45. The highest BCUT2D eigenvalue weighted by atomic mass is 16.2. The second kappa shape index (κ2) is 6.89. The van der Waals surface area contributed by atoms with Crippen LogP contribution in [0.4, 0.5) is 5.69 Å². The Morgan fingerprint density at radius 2 is 1.95 bits per heavy atom. The van der Waals surface area contributed by atoms with E-state index in [1.54, 1.807) is 19.1 Å². The van der Waals surface area contributed by atoms with E-state index in [0.29, 0.717) is 29.8 Å². The molecule has 1 rings (SSSR count). The van der Waals surface area contributed by atoms with Crippen molar-refractivity contribution in [3.8, 4) is 0 Å². The van der Waals surface area contributed by atoms with Crippen molar-refractivity contribution >= 4 is 17.5 Å². The van der Waals surface area contributed by atoms with Gasteiger partial charge in [0, 0.05) is 24.2 Å². The predicted octanol–water partition coefficient (Wildman–Crippen LogP) is 1.34. The number of hydrogen-bond acceptors (Lipinski definition) is 3. The van der Waals surface area contributed by atoms with E-state index >= 15 is 0 Å². The van der Waals surface area contributed by atoms with Crippen molar-refractivity contribution < 1.29 is 9.59 Å². The van der Waals surface area contributed by atoms with Gasteiger partial charge in [0.15, 0.2) is 0 Å². The van der Waals surface area contributed by atoms with E-state index in [9.17, 15) is 9.59 Å². The van der Waals surface area contributed by atoms with Crippen molar-refractivity contribution in [2.75, 3.05) is 18.4 Å². The SMILES string of the molecule is CCNCCC(=O)Nc1ccc(C)c(C(N)=O)c1C. The summed E-state index contributed by atoms with van der Waals surface area (Å²) in [6, 6.07) is 3.58. The third kappa shape index (κ3) is 4.06. The van der Waals surface area contributed by atoms with Crippen LogP contribution >= 0.6 is 0 Å². The molecule has 0 aromatic heterocycles. The van der Waals surface area contributed by atoms with Gasteiger partial charge in [-0.05, 0) is 37.6 Å². The second-order valence-electron chi connectivity index (χ2n) is 4.45. The number of carbonyl (C=O) groups excluding carboxylic acids is 2. The van der Waals surface area contributed by atoms with E-state index in [2.05, 4.69) is 10.6 Å². The van der Waals surface area contributed by atoms with Gasteiger partial charge >= 0.3 is 0 Å². The van der Waals surface area contributed by atoms with Gasteiger partial charge in [-0.3, -0.25) is 9.59 Å². The van der Waals surface area contributed by atoms with Crippen molar-refractivity contribution in [2.24, 2.45) is 5.73 Å². The molecule has 5 nitrogen and oxygen atoms in total. The lowest BCUT2D eigenvalue weighted by atomic mass is 10.0. The summed E-state index contributed by atoms with van der Waals surface area (Å²) >= 11 is 0. The molecule has 0 fully saturated rings. The van der Waals surface area contributed by atoms with Crippen LogP contribution in [0.25, 0.3) is 0 Å². The molecule has 0 aliphatic rings. The van der Waals surface area contributed by atoms with Crippen LogP contribution in [-0.4, -0.2) is 24.9 Å². The zero-order chi connectivity index (χ0) is 14.4. The van der Waals surface area contributed by atoms with Crippen LogP contribution in [0.5, 0.6) is 0 Å². The van der Waals surface area contributed by atoms with Gasteiger partial charge in [-0.2, -0.15) is 0 Å². The van der Waals surface area contributed by atoms with Crippen molar-refractivity contribution in [3.05, 3.63) is 28.8 Å². The van der Waals surface area contributed by atoms with Gasteiger partial charge in [-0.25, -0.2) is 0 Å². The molecule has 0 saturated carbocycles. The Kier molecular flexibility index (Phi) is 5.51. The fourth-order valence-corrected chi connectivity index (χ4v) is 1.95. The highest BCUT2D eigenvalue weighted by Crippen LogP contribution is 2.22. The van der Waals surface area contributed by atoms with Gasteiger partial charge < -0.3 is 16.4 Å². The van der Waals surface area contributed by atoms with Crippen LogP contribution in [-0.2, 0) is 4.79 Å². The minimum atomic E-state index is -0.473. The standard InChI is InChI=1S/C14H21N3O2/c1-4-16-8-7-12(18)17-11-6-5-9(2)13(10(11)3)14(15)19/h5-6,16H,4,7-8H2,1-3H3,(H2,15,19)(H,17,18). The monoisotopic (exact) mass is 263 g/mol. The summed E-state index contributed by atoms with van der Waals surface area (Å²) in [5, 5.41) is 5.89. The Hall–Kier alpha value is -1.88. The molecule has 0 heterocycles. The molecule has 1 aromatic rings. The van der Waals surface area contributed by atoms with Gasteiger partial charge in [0.05, 0.1) is 0 Å². The Balaban J connectivity index is 2.82. The van der Waals surface area contributed by atoms with E-state index in [4.69, 9.17) is 5.73 Å². The molecule has 0 atom stereocenters. The van der Waals surface area contributed by atoms with Crippen LogP contribution in [0, 0.1) is 13.8 Å². The fraction of sp³-hybridized carbons (Fsp3) is 0.429. The highest BCUT2D eigenvalue weighted by Gasteiger charge is 2.13. The lowest BCUT2D eigenvalue weighted by Gasteiger charge is -2.13. The first-order valence-corrected chi connectivity index (χ1v) is 6.38. The summed E-state index contributed by atoms with van der Waals surface area (Å²) in [4.78, 5) is 23.1. The number of nitrogens with two attached hydrogens (primary N) is 1. The lowest BCUT2D eigenvalue weighted by Crippen LogP contribution is -2.22. The Morgan fingerprint density at radius 1 is 1.26 bits per heavy atom. The van der Waals surface area contributed by atoms with E-state index < -0.39 is 5.91 Å². The molecule has 0 aliphatic carbocycles. The summed E-state index contributed by atoms with van der Waals surface area (Å²) in [5.74, 6) is -0.554. The molecule has 5 heteroatoms. The van der Waals surface area contributed by atoms with Crippen LogP contribution in [0.2, 0.25) is 0 Å². The van der Waals surface area contributed by atoms with E-state index in [-0.39, 0.29) is 5.91 Å². The normalized spacial score (nSPS) is 10.3. The fourth-order valence-electron chi connectivity index (χ4n) is 1.95. The Labute approximate surface area is 113 Å². The van der Waals surface area contributed by atoms with Gasteiger partial charge in [0.2, 0.25) is 11.8 Å². The summed E-state index contributed by atoms with van der Waals surface area (Å²) in [6.07, 6.45) is 0.396. The van der Waals surface area contributed by atoms with Crippen molar-refractivity contribution in [2.45, 2.75) is 27.2 Å². The first-order chi connectivity index (χ1) is 8.97. The summed E-state index contributed by atoms with van der Waals surface area (Å²) in [6.45, 7) is 7.07. The van der Waals surface area contributed by atoms with Crippen LogP contribution < -0.4 is 16.4 Å². The predicted molar refractivity (Wildman–Crippen MR) is 76.2 cm³/mol. The maximum atomic E-state index is 11.7. The minimum Gasteiger partial charge on any atom is -0.366 e. The van der Waals surface area contributed by atoms with Crippen LogP contribution in [0.3, 0.4) is 0 Å². The molecular formula is C14H21N3O2. The average molecular weight is 263 g/mol. The number of benzene rings is 1. The zero-order valence-electron chi connectivity index (χ0n) is 11.7. The molecule has 4 N–H and O–H groups in total. The maximum Gasteiger partial charge on any atom is 0.249 e. The van der Waals surface area contributed by atoms with E-state index in [1.807, 2.05) is 13.8 Å². The number of amides is 2.